The Balaban J connectivity index is 0. The van der Waals surface area contributed by atoms with Gasteiger partial charge in [0.2, 0.25) is 0 Å². The summed E-state index contributed by atoms with van der Waals surface area (Å²) in [5.74, 6) is 0. The summed E-state index contributed by atoms with van der Waals surface area (Å²) in [5.41, 5.74) is 0. The van der Waals surface area contributed by atoms with Crippen LogP contribution in [-0.2, 0) is 211 Å². The van der Waals surface area contributed by atoms with Gasteiger partial charge in [0, 0.05) is 592 Å². The van der Waals surface area contributed by atoms with Crippen molar-refractivity contribution in [3.63, 3.8) is 0 Å². The molecule has 0 fully saturated rings. The van der Waals surface area contributed by atoms with Gasteiger partial charge in [-0.25, -0.2) is 0 Å². The van der Waals surface area contributed by atoms with Crippen molar-refractivity contribution in [2.45, 2.75) is 0 Å². The Hall–Kier alpha value is 17.6. The summed E-state index contributed by atoms with van der Waals surface area (Å²) >= 11 is 0. The fourth-order valence-corrected chi connectivity index (χ4v) is 0. The summed E-state index contributed by atoms with van der Waals surface area (Å²) in [7, 11) is 0. The van der Waals surface area contributed by atoms with E-state index in [1.165, 1.54) is 0 Å². The molecule has 0 saturated carbocycles. The van der Waals surface area contributed by atoms with Crippen molar-refractivity contribution in [2.24, 2.45) is 0 Å². The van der Waals surface area contributed by atoms with Gasteiger partial charge < -0.3 is 225 Å². The first-order valence-corrected chi connectivity index (χ1v) is 0. The molecule has 41 nitrogen and oxygen atoms in total. The van der Waals surface area contributed by atoms with Crippen molar-refractivity contribution in [2.75, 3.05) is 0 Å². The molecule has 411 valence electrons. The van der Waals surface area contributed by atoms with E-state index in [1.54, 1.807) is 0 Å². The molecule has 0 spiro atoms. The zero-order valence-electron chi connectivity index (χ0n) is 33.3. The normalized spacial score (nSPS) is 0. The molecule has 0 aromatic carbocycles. The van der Waals surface area contributed by atoms with Crippen LogP contribution in [0.4, 0.5) is 0 Å². The molecule has 0 saturated heterocycles. The Morgan fingerprint density at radius 1 is 0.0820 bits per heavy atom. The molecular formula is H85K7O41PSi2W10. The molecule has 0 aromatic rings. The van der Waals surface area contributed by atoms with Gasteiger partial charge in [-0.1, -0.05) is 0 Å². The fourth-order valence-electron chi connectivity index (χ4n) is 0. The molecule has 0 aromatic heterocycles. The summed E-state index contributed by atoms with van der Waals surface area (Å²) in [6, 6.07) is 0. The second-order valence-corrected chi connectivity index (χ2v) is 0. The Kier molecular flexibility index (Phi) is 37000. The van der Waals surface area contributed by atoms with Crippen molar-refractivity contribution < 1.29 is 435 Å². The van der Waals surface area contributed by atoms with E-state index in [4.69, 9.17) is 0 Å². The molecule has 82 N–H and O–H groups in total. The van der Waals surface area contributed by atoms with Gasteiger partial charge >= 0.3 is 0 Å². The molecule has 0 aliphatic carbocycles. The van der Waals surface area contributed by atoms with E-state index in [2.05, 4.69) is 0 Å². The van der Waals surface area contributed by atoms with Crippen LogP contribution in [-0.4, -0.2) is 606 Å². The fraction of sp³-hybridized carbons (Fsp3) is 0. The first kappa shape index (κ1) is 1530. The molecule has 0 aliphatic heterocycles. The minimum absolute atomic E-state index is 0. The van der Waals surface area contributed by atoms with E-state index >= 15 is 0 Å². The summed E-state index contributed by atoms with van der Waals surface area (Å²) in [6.07, 6.45) is 0. The smallest absolute Gasteiger partial charge is 0 e. The van der Waals surface area contributed by atoms with Crippen LogP contribution in [0.25, 0.3) is 0 Å². The average molecular weight is 2940 g/mol. The van der Waals surface area contributed by atoms with Crippen molar-refractivity contribution >= 4 is 392 Å². The van der Waals surface area contributed by atoms with Gasteiger partial charge in [0.15, 0.2) is 0 Å². The maximum Gasteiger partial charge on any atom is 0 e. The number of hydrogen-bond donors (Lipinski definition) is 0. The van der Waals surface area contributed by atoms with Crippen LogP contribution in [0.1, 0.15) is 0 Å². The van der Waals surface area contributed by atoms with Crippen LogP contribution in [0.15, 0.2) is 0 Å². The van der Waals surface area contributed by atoms with E-state index in [0.717, 1.165) is 0 Å². The molecule has 0 rings (SSSR count). The Morgan fingerprint density at radius 3 is 0.0820 bits per heavy atom. The SMILES string of the molecule is O.O.O.O.O.O.O.O.O.O.O.O.O.O.O.O.O.O.O.O.O.O.O.O.O.O.O.O.O.O.O.O.O.O.O.O.O.O.O.O.O.P.[K].[K].[K].[K].[K].[K].[K].[Si].[Si].[W].[W].[W].[W].[W].[W].[W].[W].[W].[W]. The van der Waals surface area contributed by atoms with E-state index in [9.17, 15) is 0 Å². The Bertz CT molecular complexity index is 87.2. The van der Waals surface area contributed by atoms with Gasteiger partial charge in [0.05, 0.1) is 0 Å². The van der Waals surface area contributed by atoms with Crippen LogP contribution in [0.5, 0.6) is 0 Å². The summed E-state index contributed by atoms with van der Waals surface area (Å²) < 4.78 is 0. The minimum Gasteiger partial charge on any atom is -0.412 e. The Morgan fingerprint density at radius 2 is 0.0820 bits per heavy atom. The minimum atomic E-state index is 0. The van der Waals surface area contributed by atoms with E-state index in [0.29, 0.717) is 0 Å². The maximum atomic E-state index is 0. The van der Waals surface area contributed by atoms with Crippen molar-refractivity contribution in [1.29, 1.82) is 0 Å². The van der Waals surface area contributed by atoms with Gasteiger partial charge in [-0.15, -0.1) is 0 Å². The summed E-state index contributed by atoms with van der Waals surface area (Å²) in [5, 5.41) is 0. The zero-order chi connectivity index (χ0) is 0. The standard InChI is InChI=1S/7K.41H2O.H3P.2Si.10W/h;;;;;;;41*1H2;1H3;;;;;;;;;;;;. The van der Waals surface area contributed by atoms with Crippen LogP contribution in [0.3, 0.4) is 0 Å². The number of hydrogen-bond acceptors (Lipinski definition) is 0. The van der Waals surface area contributed by atoms with E-state index in [1.807, 2.05) is 0 Å². The third-order valence-corrected chi connectivity index (χ3v) is 0. The monoisotopic (exact) mass is 2940 g/mol. The van der Waals surface area contributed by atoms with Crippen LogP contribution >= 0.6 is 9.90 Å². The maximum absolute atomic E-state index is 0. The van der Waals surface area contributed by atoms with Crippen molar-refractivity contribution in [3.05, 3.63) is 0 Å². The summed E-state index contributed by atoms with van der Waals surface area (Å²) in [4.78, 5) is 0. The van der Waals surface area contributed by atoms with Gasteiger partial charge in [0.25, 0.3) is 0 Å². The van der Waals surface area contributed by atoms with Crippen LogP contribution in [0, 0.1) is 0 Å². The number of rotatable bonds is 0. The second kappa shape index (κ2) is 1470. The molecule has 61 heteroatoms. The average Bonchev–Trinajstić information content (AvgIpc) is 0. The third kappa shape index (κ3) is 1440. The first-order chi connectivity index (χ1) is 0. The predicted octanol–water partition coefficient (Wildman–Crippen LogP) is -37.2. The molecule has 1 unspecified atom stereocenters. The molecule has 0 bridgehead atoms. The summed E-state index contributed by atoms with van der Waals surface area (Å²) in [6.45, 7) is 0. The van der Waals surface area contributed by atoms with Crippen molar-refractivity contribution in [3.8, 4) is 0 Å². The van der Waals surface area contributed by atoms with Gasteiger partial charge in [-0.3, -0.25) is 0 Å². The topological polar surface area (TPSA) is 1290 Å². The molecule has 0 amide bonds. The van der Waals surface area contributed by atoms with Gasteiger partial charge in [-0.2, -0.15) is 9.90 Å². The quantitative estimate of drug-likeness (QED) is 0.161. The molecule has 0 aliphatic rings. The molecule has 15 radical (unpaired) electrons. The van der Waals surface area contributed by atoms with Crippen molar-refractivity contribution in [1.82, 2.24) is 0 Å². The van der Waals surface area contributed by atoms with Gasteiger partial charge in [0.1, 0.15) is 0 Å². The molecular weight excluding hydrogens is 2860 g/mol. The van der Waals surface area contributed by atoms with E-state index in [-0.39, 0.29) is 827 Å². The zero-order valence-corrected chi connectivity index (χ0v) is 87.9. The van der Waals surface area contributed by atoms with Crippen LogP contribution < -0.4 is 0 Å². The van der Waals surface area contributed by atoms with Crippen LogP contribution in [0.2, 0.25) is 0 Å². The third-order valence-electron chi connectivity index (χ3n) is 0. The van der Waals surface area contributed by atoms with Gasteiger partial charge in [-0.05, 0) is 0 Å². The largest absolute Gasteiger partial charge is 0.412 e. The Labute approximate surface area is 804 Å². The predicted molar refractivity (Wildman–Crippen MR) is 211 cm³/mol. The second-order valence-electron chi connectivity index (χ2n) is 0. The molecule has 0 heterocycles. The molecule has 1 atom stereocenters. The first-order valence-electron chi connectivity index (χ1n) is 0. The molecule has 61 heavy (non-hydrogen) atoms. The van der Waals surface area contributed by atoms with E-state index < -0.39 is 0 Å².